The summed E-state index contributed by atoms with van der Waals surface area (Å²) < 4.78 is 4.95. The SMILES string of the molecule is CCOC(=O)c1c(C)[nH]c(=O)c2ccc(O)cc12. The van der Waals surface area contributed by atoms with Crippen LogP contribution in [0.5, 0.6) is 5.75 Å². The molecule has 0 atom stereocenters. The molecule has 5 nitrogen and oxygen atoms in total. The van der Waals surface area contributed by atoms with Gasteiger partial charge >= 0.3 is 5.97 Å². The van der Waals surface area contributed by atoms with Crippen LogP contribution in [0.25, 0.3) is 10.8 Å². The molecule has 0 aliphatic heterocycles. The highest BCUT2D eigenvalue weighted by Gasteiger charge is 2.17. The Morgan fingerprint density at radius 2 is 2.11 bits per heavy atom. The van der Waals surface area contributed by atoms with Crippen LogP contribution in [0.15, 0.2) is 23.0 Å². The number of benzene rings is 1. The number of aromatic nitrogens is 1. The van der Waals surface area contributed by atoms with E-state index in [2.05, 4.69) is 4.98 Å². The van der Waals surface area contributed by atoms with E-state index < -0.39 is 5.97 Å². The summed E-state index contributed by atoms with van der Waals surface area (Å²) in [5, 5.41) is 10.2. The zero-order valence-electron chi connectivity index (χ0n) is 10.1. The number of ether oxygens (including phenoxy) is 1. The lowest BCUT2D eigenvalue weighted by atomic mass is 10.0. The molecule has 5 heteroatoms. The number of carbonyl (C=O) groups excluding carboxylic acids is 1. The first kappa shape index (κ1) is 12.2. The van der Waals surface area contributed by atoms with Crippen LogP contribution in [0.4, 0.5) is 0 Å². The molecule has 0 unspecified atom stereocenters. The maximum atomic E-state index is 11.9. The Morgan fingerprint density at radius 3 is 2.78 bits per heavy atom. The fraction of sp³-hybridized carbons (Fsp3) is 0.231. The zero-order chi connectivity index (χ0) is 13.3. The molecule has 0 spiro atoms. The molecule has 0 amide bonds. The minimum atomic E-state index is -0.512. The van der Waals surface area contributed by atoms with Gasteiger partial charge in [0.15, 0.2) is 0 Å². The minimum Gasteiger partial charge on any atom is -0.508 e. The highest BCUT2D eigenvalue weighted by Crippen LogP contribution is 2.23. The molecule has 18 heavy (non-hydrogen) atoms. The number of esters is 1. The number of H-pyrrole nitrogens is 1. The van der Waals surface area contributed by atoms with Gasteiger partial charge in [0, 0.05) is 16.5 Å². The van der Waals surface area contributed by atoms with Crippen molar-refractivity contribution in [3.8, 4) is 5.75 Å². The summed E-state index contributed by atoms with van der Waals surface area (Å²) in [4.78, 5) is 26.2. The van der Waals surface area contributed by atoms with E-state index in [1.165, 1.54) is 18.2 Å². The molecule has 0 fully saturated rings. The van der Waals surface area contributed by atoms with Gasteiger partial charge < -0.3 is 14.8 Å². The first-order valence-corrected chi connectivity index (χ1v) is 5.57. The summed E-state index contributed by atoms with van der Waals surface area (Å²) in [5.74, 6) is -0.514. The molecule has 94 valence electrons. The van der Waals surface area contributed by atoms with Crippen molar-refractivity contribution in [1.29, 1.82) is 0 Å². The lowest BCUT2D eigenvalue weighted by molar-refractivity contribution is 0.0527. The Kier molecular flexibility index (Phi) is 3.06. The number of carbonyl (C=O) groups is 1. The fourth-order valence-electron chi connectivity index (χ4n) is 1.91. The number of rotatable bonds is 2. The van der Waals surface area contributed by atoms with Gasteiger partial charge in [0.2, 0.25) is 0 Å². The van der Waals surface area contributed by atoms with E-state index >= 15 is 0 Å². The van der Waals surface area contributed by atoms with Crippen molar-refractivity contribution in [3.63, 3.8) is 0 Å². The summed E-state index contributed by atoms with van der Waals surface area (Å²) >= 11 is 0. The van der Waals surface area contributed by atoms with E-state index in [4.69, 9.17) is 4.74 Å². The number of aromatic amines is 1. The lowest BCUT2D eigenvalue weighted by Gasteiger charge is -2.09. The van der Waals surface area contributed by atoms with Gasteiger partial charge in [0.25, 0.3) is 5.56 Å². The summed E-state index contributed by atoms with van der Waals surface area (Å²) in [5.41, 5.74) is 0.412. The number of pyridine rings is 1. The van der Waals surface area contributed by atoms with Gasteiger partial charge in [-0.05, 0) is 32.0 Å². The number of hydrogen-bond donors (Lipinski definition) is 2. The van der Waals surface area contributed by atoms with Crippen molar-refractivity contribution in [2.45, 2.75) is 13.8 Å². The van der Waals surface area contributed by atoms with Gasteiger partial charge in [-0.3, -0.25) is 4.79 Å². The number of phenolic OH excluding ortho intramolecular Hbond substituents is 1. The van der Waals surface area contributed by atoms with Crippen molar-refractivity contribution in [2.75, 3.05) is 6.61 Å². The average molecular weight is 247 g/mol. The molecule has 0 bridgehead atoms. The maximum absolute atomic E-state index is 11.9. The Balaban J connectivity index is 2.82. The third-order valence-corrected chi connectivity index (χ3v) is 2.67. The number of aryl methyl sites for hydroxylation is 1. The monoisotopic (exact) mass is 247 g/mol. The number of phenols is 1. The van der Waals surface area contributed by atoms with E-state index in [1.807, 2.05) is 0 Å². The van der Waals surface area contributed by atoms with Crippen molar-refractivity contribution in [2.24, 2.45) is 0 Å². The standard InChI is InChI=1S/C13H13NO4/c1-3-18-13(17)11-7(2)14-12(16)9-5-4-8(15)6-10(9)11/h4-6,15H,3H2,1-2H3,(H,14,16). The van der Waals surface area contributed by atoms with Crippen LogP contribution < -0.4 is 5.56 Å². The summed E-state index contributed by atoms with van der Waals surface area (Å²) in [6, 6.07) is 4.28. The normalized spacial score (nSPS) is 10.6. The maximum Gasteiger partial charge on any atom is 0.340 e. The first-order valence-electron chi connectivity index (χ1n) is 5.57. The molecule has 1 heterocycles. The van der Waals surface area contributed by atoms with Crippen molar-refractivity contribution in [1.82, 2.24) is 4.98 Å². The molecule has 1 aromatic carbocycles. The van der Waals surface area contributed by atoms with Crippen molar-refractivity contribution in [3.05, 3.63) is 39.8 Å². The molecule has 2 aromatic rings. The summed E-state index contributed by atoms with van der Waals surface area (Å²) in [6.45, 7) is 3.58. The second-order valence-electron chi connectivity index (χ2n) is 3.90. The molecule has 2 N–H and O–H groups in total. The number of aromatic hydroxyl groups is 1. The molecular formula is C13H13NO4. The second-order valence-corrected chi connectivity index (χ2v) is 3.90. The van der Waals surface area contributed by atoms with Crippen LogP contribution >= 0.6 is 0 Å². The molecule has 0 saturated carbocycles. The van der Waals surface area contributed by atoms with Gasteiger partial charge in [0.05, 0.1) is 12.2 Å². The van der Waals surface area contributed by atoms with Gasteiger partial charge in [0.1, 0.15) is 5.75 Å². The molecular weight excluding hydrogens is 234 g/mol. The largest absolute Gasteiger partial charge is 0.508 e. The molecule has 0 aliphatic rings. The fourth-order valence-corrected chi connectivity index (χ4v) is 1.91. The van der Waals surface area contributed by atoms with Crippen molar-refractivity contribution < 1.29 is 14.6 Å². The smallest absolute Gasteiger partial charge is 0.340 e. The Morgan fingerprint density at radius 1 is 1.39 bits per heavy atom. The summed E-state index contributed by atoms with van der Waals surface area (Å²) in [6.07, 6.45) is 0. The number of hydrogen-bond acceptors (Lipinski definition) is 4. The van der Waals surface area contributed by atoms with E-state index in [9.17, 15) is 14.7 Å². The van der Waals surface area contributed by atoms with Crippen LogP contribution in [-0.4, -0.2) is 22.7 Å². The van der Waals surface area contributed by atoms with E-state index in [-0.39, 0.29) is 23.5 Å². The highest BCUT2D eigenvalue weighted by atomic mass is 16.5. The Bertz CT molecular complexity index is 672. The second kappa shape index (κ2) is 4.52. The van der Waals surface area contributed by atoms with Crippen LogP contribution in [0, 0.1) is 6.92 Å². The van der Waals surface area contributed by atoms with E-state index in [0.29, 0.717) is 16.5 Å². The van der Waals surface area contributed by atoms with E-state index in [1.54, 1.807) is 13.8 Å². The van der Waals surface area contributed by atoms with Gasteiger partial charge in [-0.25, -0.2) is 4.79 Å². The Hall–Kier alpha value is -2.30. The topological polar surface area (TPSA) is 79.4 Å². The van der Waals surface area contributed by atoms with Crippen LogP contribution in [0.1, 0.15) is 23.0 Å². The average Bonchev–Trinajstić information content (AvgIpc) is 2.28. The molecule has 2 rings (SSSR count). The highest BCUT2D eigenvalue weighted by molar-refractivity contribution is 6.05. The van der Waals surface area contributed by atoms with Crippen LogP contribution in [0.2, 0.25) is 0 Å². The third kappa shape index (κ3) is 1.95. The van der Waals surface area contributed by atoms with Gasteiger partial charge in [-0.2, -0.15) is 0 Å². The third-order valence-electron chi connectivity index (χ3n) is 2.67. The van der Waals surface area contributed by atoms with Gasteiger partial charge in [-0.1, -0.05) is 0 Å². The quantitative estimate of drug-likeness (QED) is 0.792. The number of nitrogens with one attached hydrogen (secondary N) is 1. The van der Waals surface area contributed by atoms with Crippen molar-refractivity contribution >= 4 is 16.7 Å². The number of fused-ring (bicyclic) bond motifs is 1. The predicted molar refractivity (Wildman–Crippen MR) is 66.9 cm³/mol. The molecule has 1 aromatic heterocycles. The predicted octanol–water partition coefficient (Wildman–Crippen LogP) is 1.72. The minimum absolute atomic E-state index is 0.00181. The van der Waals surface area contributed by atoms with Gasteiger partial charge in [-0.15, -0.1) is 0 Å². The van der Waals surface area contributed by atoms with Crippen LogP contribution in [-0.2, 0) is 4.74 Å². The molecule has 0 aliphatic carbocycles. The molecule has 0 radical (unpaired) electrons. The van der Waals surface area contributed by atoms with Crippen LogP contribution in [0.3, 0.4) is 0 Å². The summed E-state index contributed by atoms with van der Waals surface area (Å²) in [7, 11) is 0. The zero-order valence-corrected chi connectivity index (χ0v) is 10.1. The lowest BCUT2D eigenvalue weighted by Crippen LogP contribution is -2.15. The first-order chi connectivity index (χ1) is 8.54. The van der Waals surface area contributed by atoms with E-state index in [0.717, 1.165) is 0 Å². The Labute approximate surface area is 103 Å². The molecule has 0 saturated heterocycles.